The van der Waals surface area contributed by atoms with E-state index < -0.39 is 19.9 Å². The summed E-state index contributed by atoms with van der Waals surface area (Å²) >= 11 is 0. The molecular weight excluding hydrogens is 625 g/mol. The average Bonchev–Trinajstić information content (AvgIpc) is 3.03. The second-order valence-corrected chi connectivity index (χ2v) is 14.6. The van der Waals surface area contributed by atoms with E-state index in [1.807, 2.05) is 27.2 Å². The number of phosphoric acid groups is 1. The topological polar surface area (TPSA) is 94.1 Å². The molecule has 0 aliphatic rings. The SMILES string of the molecule is CC/C=C\C/C=C\C/C=C\C/C=C\C/C=C\CC(=O)OC(COCCCCCCCCCCCCC)COP(=O)([O-])OCC[N+](C)(C)C. The molecule has 0 amide bonds. The highest BCUT2D eigenvalue weighted by atomic mass is 31.2. The number of carbonyl (C=O) groups excluding carboxylic acids is 1. The predicted molar refractivity (Wildman–Crippen MR) is 199 cm³/mol. The van der Waals surface area contributed by atoms with Gasteiger partial charge in [0.15, 0.2) is 0 Å². The Labute approximate surface area is 294 Å². The fourth-order valence-corrected chi connectivity index (χ4v) is 5.23. The molecule has 48 heavy (non-hydrogen) atoms. The minimum absolute atomic E-state index is 0.00810. The first kappa shape index (κ1) is 46.2. The highest BCUT2D eigenvalue weighted by Crippen LogP contribution is 2.38. The van der Waals surface area contributed by atoms with Crippen LogP contribution < -0.4 is 4.89 Å². The molecule has 0 aromatic rings. The molecule has 0 saturated heterocycles. The van der Waals surface area contributed by atoms with Gasteiger partial charge in [-0.3, -0.25) is 9.36 Å². The zero-order chi connectivity index (χ0) is 35.6. The number of phosphoric ester groups is 1. The summed E-state index contributed by atoms with van der Waals surface area (Å²) in [4.78, 5) is 24.8. The van der Waals surface area contributed by atoms with Gasteiger partial charge in [0.25, 0.3) is 7.82 Å². The molecule has 0 radical (unpaired) electrons. The third kappa shape index (κ3) is 35.5. The smallest absolute Gasteiger partial charge is 0.310 e. The van der Waals surface area contributed by atoms with E-state index in [1.54, 1.807) is 6.08 Å². The number of allylic oxidation sites excluding steroid dienone is 9. The number of likely N-dealkylation sites (N-methyl/N-ethyl adjacent to an activating group) is 1. The second kappa shape index (κ2) is 32.4. The molecule has 0 heterocycles. The zero-order valence-electron chi connectivity index (χ0n) is 31.2. The van der Waals surface area contributed by atoms with Gasteiger partial charge in [-0.15, -0.1) is 0 Å². The summed E-state index contributed by atoms with van der Waals surface area (Å²) in [7, 11) is 1.29. The van der Waals surface area contributed by atoms with Crippen LogP contribution in [0.25, 0.3) is 0 Å². The summed E-state index contributed by atoms with van der Waals surface area (Å²) in [6.45, 7) is 5.13. The van der Waals surface area contributed by atoms with Crippen molar-refractivity contribution in [2.24, 2.45) is 0 Å². The molecule has 0 aliphatic carbocycles. The van der Waals surface area contributed by atoms with Gasteiger partial charge in [-0.25, -0.2) is 0 Å². The molecule has 0 aromatic heterocycles. The van der Waals surface area contributed by atoms with Crippen LogP contribution in [0, 0.1) is 0 Å². The van der Waals surface area contributed by atoms with E-state index in [4.69, 9.17) is 18.5 Å². The first-order valence-electron chi connectivity index (χ1n) is 18.5. The Morgan fingerprint density at radius 3 is 1.62 bits per heavy atom. The van der Waals surface area contributed by atoms with Crippen molar-refractivity contribution in [3.05, 3.63) is 60.8 Å². The molecule has 0 N–H and O–H groups in total. The summed E-state index contributed by atoms with van der Waals surface area (Å²) in [6, 6.07) is 0. The summed E-state index contributed by atoms with van der Waals surface area (Å²) in [6.07, 6.45) is 38.3. The first-order valence-corrected chi connectivity index (χ1v) is 20.0. The molecule has 0 aromatic carbocycles. The van der Waals surface area contributed by atoms with Crippen molar-refractivity contribution in [3.63, 3.8) is 0 Å². The molecule has 0 fully saturated rings. The van der Waals surface area contributed by atoms with E-state index in [0.29, 0.717) is 24.1 Å². The van der Waals surface area contributed by atoms with Gasteiger partial charge in [0.05, 0.1) is 40.8 Å². The number of carbonyl (C=O) groups is 1. The van der Waals surface area contributed by atoms with Gasteiger partial charge >= 0.3 is 5.97 Å². The average molecular weight is 696 g/mol. The van der Waals surface area contributed by atoms with E-state index in [1.165, 1.54) is 57.8 Å². The zero-order valence-corrected chi connectivity index (χ0v) is 32.1. The van der Waals surface area contributed by atoms with E-state index in [0.717, 1.165) is 38.5 Å². The highest BCUT2D eigenvalue weighted by Gasteiger charge is 2.20. The van der Waals surface area contributed by atoms with Crippen molar-refractivity contribution in [2.45, 2.75) is 129 Å². The third-order valence-electron chi connectivity index (χ3n) is 7.37. The third-order valence-corrected chi connectivity index (χ3v) is 8.33. The Balaban J connectivity index is 4.49. The molecule has 9 heteroatoms. The lowest BCUT2D eigenvalue weighted by molar-refractivity contribution is -0.870. The van der Waals surface area contributed by atoms with Crippen LogP contribution in [0.3, 0.4) is 0 Å². The maximum atomic E-state index is 12.5. The molecule has 0 aliphatic heterocycles. The predicted octanol–water partition coefficient (Wildman–Crippen LogP) is 9.58. The van der Waals surface area contributed by atoms with E-state index >= 15 is 0 Å². The minimum Gasteiger partial charge on any atom is -0.756 e. The van der Waals surface area contributed by atoms with Crippen molar-refractivity contribution < 1.29 is 37.3 Å². The number of nitrogens with zero attached hydrogens (tertiary/aromatic N) is 1. The van der Waals surface area contributed by atoms with E-state index in [2.05, 4.69) is 62.5 Å². The highest BCUT2D eigenvalue weighted by molar-refractivity contribution is 7.45. The number of rotatable bonds is 33. The number of hydrogen-bond donors (Lipinski definition) is 0. The normalized spacial score (nSPS) is 14.7. The first-order chi connectivity index (χ1) is 23.1. The molecule has 278 valence electrons. The van der Waals surface area contributed by atoms with Crippen LogP contribution in [0.15, 0.2) is 60.8 Å². The lowest BCUT2D eigenvalue weighted by Gasteiger charge is -2.28. The Kier molecular flexibility index (Phi) is 31.2. The van der Waals surface area contributed by atoms with Gasteiger partial charge in [0.1, 0.15) is 19.3 Å². The summed E-state index contributed by atoms with van der Waals surface area (Å²) in [5.74, 6) is -0.463. The minimum atomic E-state index is -4.54. The van der Waals surface area contributed by atoms with Crippen LogP contribution in [-0.4, -0.2) is 70.7 Å². The van der Waals surface area contributed by atoms with Crippen LogP contribution in [0.1, 0.15) is 123 Å². The number of ether oxygens (including phenoxy) is 2. The second-order valence-electron chi connectivity index (χ2n) is 13.2. The fourth-order valence-electron chi connectivity index (χ4n) is 4.50. The summed E-state index contributed by atoms with van der Waals surface area (Å²) in [5, 5.41) is 0. The summed E-state index contributed by atoms with van der Waals surface area (Å²) in [5.41, 5.74) is 0. The van der Waals surface area contributed by atoms with Crippen molar-refractivity contribution in [2.75, 3.05) is 54.1 Å². The molecule has 2 unspecified atom stereocenters. The van der Waals surface area contributed by atoms with Crippen LogP contribution in [0.4, 0.5) is 0 Å². The Morgan fingerprint density at radius 2 is 1.12 bits per heavy atom. The summed E-state index contributed by atoms with van der Waals surface area (Å²) < 4.78 is 34.2. The van der Waals surface area contributed by atoms with Gasteiger partial charge in [0.2, 0.25) is 0 Å². The van der Waals surface area contributed by atoms with Crippen LogP contribution in [0.2, 0.25) is 0 Å². The quantitative estimate of drug-likeness (QED) is 0.0222. The molecule has 0 spiro atoms. The van der Waals surface area contributed by atoms with Crippen LogP contribution in [-0.2, 0) is 27.9 Å². The van der Waals surface area contributed by atoms with Crippen LogP contribution in [0.5, 0.6) is 0 Å². The number of unbranched alkanes of at least 4 members (excludes halogenated alkanes) is 10. The lowest BCUT2D eigenvalue weighted by atomic mass is 10.1. The van der Waals surface area contributed by atoms with Crippen molar-refractivity contribution in [3.8, 4) is 0 Å². The van der Waals surface area contributed by atoms with Crippen molar-refractivity contribution in [1.29, 1.82) is 0 Å². The van der Waals surface area contributed by atoms with Gasteiger partial charge in [0, 0.05) is 6.61 Å². The largest absolute Gasteiger partial charge is 0.756 e. The molecule has 0 saturated carbocycles. The van der Waals surface area contributed by atoms with Crippen molar-refractivity contribution >= 4 is 13.8 Å². The maximum Gasteiger partial charge on any atom is 0.310 e. The van der Waals surface area contributed by atoms with Crippen molar-refractivity contribution in [1.82, 2.24) is 0 Å². The number of quaternary nitrogens is 1. The molecular formula is C39H70NO7P. The molecule has 8 nitrogen and oxygen atoms in total. The lowest BCUT2D eigenvalue weighted by Crippen LogP contribution is -2.37. The Morgan fingerprint density at radius 1 is 0.646 bits per heavy atom. The monoisotopic (exact) mass is 695 g/mol. The fraction of sp³-hybridized carbons (Fsp3) is 0.718. The van der Waals surface area contributed by atoms with Crippen LogP contribution >= 0.6 is 7.82 Å². The van der Waals surface area contributed by atoms with E-state index in [-0.39, 0.29) is 26.2 Å². The molecule has 0 rings (SSSR count). The Hall–Kier alpha value is -1.80. The molecule has 2 atom stereocenters. The molecule has 0 bridgehead atoms. The number of hydrogen-bond acceptors (Lipinski definition) is 7. The van der Waals surface area contributed by atoms with Gasteiger partial charge in [-0.1, -0.05) is 139 Å². The standard InChI is InChI=1S/C39H70NO7P/c1-6-8-10-12-14-16-18-19-20-21-22-24-26-28-30-32-39(41)47-38(37-46-48(42,43)45-35-33-40(3,4)5)36-44-34-31-29-27-25-23-17-15-13-11-9-7-2/h8,10,14,16,19-20,22,24,28,30,38H,6-7,9,11-13,15,17-18,21,23,25-27,29,31-37H2,1-5H3/b10-8-,16-14-,20-19-,24-22-,30-28-. The van der Waals surface area contributed by atoms with Gasteiger partial charge in [-0.2, -0.15) is 0 Å². The van der Waals surface area contributed by atoms with E-state index in [9.17, 15) is 14.3 Å². The maximum absolute atomic E-state index is 12.5. The van der Waals surface area contributed by atoms with Gasteiger partial charge < -0.3 is 27.9 Å². The Bertz CT molecular complexity index is 952. The number of esters is 1. The van der Waals surface area contributed by atoms with Gasteiger partial charge in [-0.05, 0) is 38.5 Å².